The van der Waals surface area contributed by atoms with Gasteiger partial charge in [0.25, 0.3) is 0 Å². The van der Waals surface area contributed by atoms with Gasteiger partial charge in [0.2, 0.25) is 15.9 Å². The number of sulfonamides is 1. The first-order chi connectivity index (χ1) is 11.2. The topological polar surface area (TPSA) is 101 Å². The number of carbonyl (C=O) groups is 1. The summed E-state index contributed by atoms with van der Waals surface area (Å²) in [5.41, 5.74) is 1.78. The smallest absolute Gasteiger partial charge is 0.246 e. The van der Waals surface area contributed by atoms with E-state index in [4.69, 9.17) is 5.14 Å². The van der Waals surface area contributed by atoms with Crippen LogP contribution in [0.5, 0.6) is 0 Å². The van der Waals surface area contributed by atoms with Gasteiger partial charge in [-0.05, 0) is 61.9 Å². The van der Waals surface area contributed by atoms with Crippen LogP contribution in [0.25, 0.3) is 0 Å². The van der Waals surface area contributed by atoms with E-state index < -0.39 is 16.1 Å². The number of nitrogens with one attached hydrogen (secondary N) is 2. The Kier molecular flexibility index (Phi) is 5.20. The lowest BCUT2D eigenvalue weighted by molar-refractivity contribution is -0.116. The zero-order valence-corrected chi connectivity index (χ0v) is 14.0. The number of nitrogens with two attached hydrogens (primary N) is 1. The van der Waals surface area contributed by atoms with E-state index in [9.17, 15) is 17.6 Å². The van der Waals surface area contributed by atoms with Crippen molar-refractivity contribution in [2.24, 2.45) is 5.14 Å². The van der Waals surface area contributed by atoms with Crippen molar-refractivity contribution in [2.45, 2.75) is 24.8 Å². The Bertz CT molecular complexity index is 851. The van der Waals surface area contributed by atoms with Gasteiger partial charge < -0.3 is 10.6 Å². The van der Waals surface area contributed by atoms with Gasteiger partial charge >= 0.3 is 0 Å². The van der Waals surface area contributed by atoms with Crippen molar-refractivity contribution >= 4 is 27.3 Å². The largest absolute Gasteiger partial charge is 0.374 e. The molecule has 6 nitrogen and oxygen atoms in total. The molecule has 0 radical (unpaired) electrons. The highest BCUT2D eigenvalue weighted by atomic mass is 32.2. The Labute approximate surface area is 139 Å². The average molecular weight is 351 g/mol. The molecule has 0 heterocycles. The summed E-state index contributed by atoms with van der Waals surface area (Å²) in [4.78, 5) is 12.2. The summed E-state index contributed by atoms with van der Waals surface area (Å²) in [6.45, 7) is 3.40. The van der Waals surface area contributed by atoms with Gasteiger partial charge in [-0.2, -0.15) is 0 Å². The van der Waals surface area contributed by atoms with E-state index in [-0.39, 0.29) is 16.6 Å². The zero-order valence-electron chi connectivity index (χ0n) is 13.2. The fraction of sp³-hybridized carbons (Fsp3) is 0.188. The first-order valence-corrected chi connectivity index (χ1v) is 8.68. The van der Waals surface area contributed by atoms with Crippen molar-refractivity contribution in [1.29, 1.82) is 0 Å². The maximum absolute atomic E-state index is 13.1. The van der Waals surface area contributed by atoms with Gasteiger partial charge in [-0.25, -0.2) is 17.9 Å². The van der Waals surface area contributed by atoms with Crippen LogP contribution in [0.15, 0.2) is 47.4 Å². The molecule has 2 rings (SSSR count). The lowest BCUT2D eigenvalue weighted by atomic mass is 10.1. The molecule has 8 heteroatoms. The summed E-state index contributed by atoms with van der Waals surface area (Å²) >= 11 is 0. The third kappa shape index (κ3) is 4.53. The predicted octanol–water partition coefficient (Wildman–Crippen LogP) is 2.22. The third-order valence-electron chi connectivity index (χ3n) is 3.40. The van der Waals surface area contributed by atoms with Crippen LogP contribution in [-0.2, 0) is 14.8 Å². The molecule has 0 aliphatic heterocycles. The summed E-state index contributed by atoms with van der Waals surface area (Å²) in [5.74, 6) is -0.660. The van der Waals surface area contributed by atoms with Crippen LogP contribution in [0.2, 0.25) is 0 Å². The standard InChI is InChI=1S/C16H18FN3O3S/c1-10-9-12(17)3-8-15(10)19-11(2)16(21)20-13-4-6-14(7-5-13)24(18,22)23/h3-9,11,19H,1-2H3,(H,20,21)(H2,18,22,23). The number of hydrogen-bond donors (Lipinski definition) is 3. The lowest BCUT2D eigenvalue weighted by Crippen LogP contribution is -2.32. The number of anilines is 2. The Morgan fingerprint density at radius 1 is 1.17 bits per heavy atom. The molecule has 0 bridgehead atoms. The van der Waals surface area contributed by atoms with Crippen LogP contribution in [0, 0.1) is 12.7 Å². The first kappa shape index (κ1) is 17.9. The lowest BCUT2D eigenvalue weighted by Gasteiger charge is -2.17. The summed E-state index contributed by atoms with van der Waals surface area (Å²) < 4.78 is 35.5. The number of primary sulfonamides is 1. The summed E-state index contributed by atoms with van der Waals surface area (Å²) in [6, 6.07) is 9.20. The summed E-state index contributed by atoms with van der Waals surface area (Å²) in [6.07, 6.45) is 0. The van der Waals surface area contributed by atoms with E-state index in [0.717, 1.165) is 0 Å². The number of amides is 1. The molecule has 1 atom stereocenters. The van der Waals surface area contributed by atoms with Gasteiger partial charge in [-0.3, -0.25) is 4.79 Å². The van der Waals surface area contributed by atoms with E-state index in [0.29, 0.717) is 16.9 Å². The van der Waals surface area contributed by atoms with Gasteiger partial charge in [-0.1, -0.05) is 0 Å². The zero-order chi connectivity index (χ0) is 17.9. The van der Waals surface area contributed by atoms with Crippen molar-refractivity contribution in [3.63, 3.8) is 0 Å². The van der Waals surface area contributed by atoms with Gasteiger partial charge in [-0.15, -0.1) is 0 Å². The molecule has 4 N–H and O–H groups in total. The van der Waals surface area contributed by atoms with Crippen LogP contribution in [0.4, 0.5) is 15.8 Å². The molecule has 0 saturated heterocycles. The minimum absolute atomic E-state index is 0.0337. The highest BCUT2D eigenvalue weighted by Gasteiger charge is 2.14. The number of halogens is 1. The van der Waals surface area contributed by atoms with Crippen LogP contribution < -0.4 is 15.8 Å². The van der Waals surface area contributed by atoms with Gasteiger partial charge in [0, 0.05) is 11.4 Å². The molecule has 0 spiro atoms. The van der Waals surface area contributed by atoms with Crippen molar-refractivity contribution in [2.75, 3.05) is 10.6 Å². The summed E-state index contributed by atoms with van der Waals surface area (Å²) in [5, 5.41) is 10.7. The second kappa shape index (κ2) is 6.98. The van der Waals surface area contributed by atoms with Crippen molar-refractivity contribution < 1.29 is 17.6 Å². The maximum Gasteiger partial charge on any atom is 0.246 e. The Hall–Kier alpha value is -2.45. The fourth-order valence-electron chi connectivity index (χ4n) is 2.07. The molecule has 0 aromatic heterocycles. The van der Waals surface area contributed by atoms with E-state index in [1.54, 1.807) is 19.9 Å². The van der Waals surface area contributed by atoms with E-state index in [2.05, 4.69) is 10.6 Å². The highest BCUT2D eigenvalue weighted by molar-refractivity contribution is 7.89. The Balaban J connectivity index is 2.03. The average Bonchev–Trinajstić information content (AvgIpc) is 2.49. The maximum atomic E-state index is 13.1. The molecule has 1 amide bonds. The third-order valence-corrected chi connectivity index (χ3v) is 4.33. The molecule has 0 aliphatic carbocycles. The van der Waals surface area contributed by atoms with Gasteiger partial charge in [0.15, 0.2) is 0 Å². The minimum Gasteiger partial charge on any atom is -0.374 e. The molecule has 2 aromatic rings. The molecule has 2 aromatic carbocycles. The molecule has 128 valence electrons. The van der Waals surface area contributed by atoms with Crippen LogP contribution >= 0.6 is 0 Å². The van der Waals surface area contributed by atoms with Crippen LogP contribution in [0.3, 0.4) is 0 Å². The number of benzene rings is 2. The number of aryl methyl sites for hydroxylation is 1. The molecular formula is C16H18FN3O3S. The summed E-state index contributed by atoms with van der Waals surface area (Å²) in [7, 11) is -3.77. The molecule has 24 heavy (non-hydrogen) atoms. The fourth-order valence-corrected chi connectivity index (χ4v) is 2.58. The molecule has 0 fully saturated rings. The normalized spacial score (nSPS) is 12.5. The van der Waals surface area contributed by atoms with E-state index >= 15 is 0 Å². The van der Waals surface area contributed by atoms with Gasteiger partial charge in [0.1, 0.15) is 11.9 Å². The first-order valence-electron chi connectivity index (χ1n) is 7.13. The molecular weight excluding hydrogens is 333 g/mol. The SMILES string of the molecule is Cc1cc(F)ccc1NC(C)C(=O)Nc1ccc(S(N)(=O)=O)cc1. The monoisotopic (exact) mass is 351 g/mol. The number of hydrogen-bond acceptors (Lipinski definition) is 4. The quantitative estimate of drug-likeness (QED) is 0.769. The van der Waals surface area contributed by atoms with Crippen molar-refractivity contribution in [3.05, 3.63) is 53.8 Å². The van der Waals surface area contributed by atoms with Crippen LogP contribution in [0.1, 0.15) is 12.5 Å². The van der Waals surface area contributed by atoms with Gasteiger partial charge in [0.05, 0.1) is 4.90 Å². The molecule has 0 aliphatic rings. The van der Waals surface area contributed by atoms with Crippen molar-refractivity contribution in [1.82, 2.24) is 0 Å². The number of rotatable bonds is 5. The molecule has 1 unspecified atom stereocenters. The van der Waals surface area contributed by atoms with E-state index in [1.165, 1.54) is 36.4 Å². The Morgan fingerprint density at radius 2 is 1.79 bits per heavy atom. The number of carbonyl (C=O) groups excluding carboxylic acids is 1. The second-order valence-electron chi connectivity index (χ2n) is 5.38. The van der Waals surface area contributed by atoms with Crippen molar-refractivity contribution in [3.8, 4) is 0 Å². The second-order valence-corrected chi connectivity index (χ2v) is 6.95. The molecule has 0 saturated carbocycles. The highest BCUT2D eigenvalue weighted by Crippen LogP contribution is 2.18. The predicted molar refractivity (Wildman–Crippen MR) is 90.7 cm³/mol. The Morgan fingerprint density at radius 3 is 2.33 bits per heavy atom. The van der Waals surface area contributed by atoms with Crippen LogP contribution in [-0.4, -0.2) is 20.4 Å². The van der Waals surface area contributed by atoms with E-state index in [1.807, 2.05) is 0 Å². The minimum atomic E-state index is -3.77.